The molecule has 1 aromatic heterocycles. The first-order valence-electron chi connectivity index (χ1n) is 7.87. The molecule has 0 spiro atoms. The lowest BCUT2D eigenvalue weighted by Crippen LogP contribution is -2.50. The van der Waals surface area contributed by atoms with Crippen molar-refractivity contribution < 1.29 is 17.9 Å². The Morgan fingerprint density at radius 2 is 1.72 bits per heavy atom. The number of benzene rings is 1. The van der Waals surface area contributed by atoms with Gasteiger partial charge in [0.15, 0.2) is 0 Å². The number of nitrogens with zero attached hydrogens (tertiary/aromatic N) is 3. The lowest BCUT2D eigenvalue weighted by molar-refractivity contribution is 0.0692. The predicted molar refractivity (Wildman–Crippen MR) is 91.9 cm³/mol. The van der Waals surface area contributed by atoms with Gasteiger partial charge < -0.3 is 9.64 Å². The fourth-order valence-electron chi connectivity index (χ4n) is 2.68. The van der Waals surface area contributed by atoms with Gasteiger partial charge in [-0.3, -0.25) is 9.78 Å². The highest BCUT2D eigenvalue weighted by Gasteiger charge is 2.30. The molecule has 0 aliphatic carbocycles. The second-order valence-corrected chi connectivity index (χ2v) is 7.52. The summed E-state index contributed by atoms with van der Waals surface area (Å²) < 4.78 is 31.9. The molecular weight excluding hydrogens is 342 g/mol. The van der Waals surface area contributed by atoms with Crippen LogP contribution in [0.4, 0.5) is 0 Å². The fourth-order valence-corrected chi connectivity index (χ4v) is 4.10. The normalized spacial score (nSPS) is 15.8. The van der Waals surface area contributed by atoms with Crippen molar-refractivity contribution in [3.63, 3.8) is 0 Å². The summed E-state index contributed by atoms with van der Waals surface area (Å²) in [5.41, 5.74) is 0.369. The maximum absolute atomic E-state index is 12.7. The average molecular weight is 361 g/mol. The van der Waals surface area contributed by atoms with Crippen LogP contribution in [-0.4, -0.2) is 61.8 Å². The average Bonchev–Trinajstić information content (AvgIpc) is 2.68. The number of ether oxygens (including phenoxy) is 1. The Kier molecular flexibility index (Phi) is 5.00. The number of carbonyl (C=O) groups excluding carboxylic acids is 1. The maximum atomic E-state index is 12.7. The Hall–Kier alpha value is -2.45. The van der Waals surface area contributed by atoms with Crippen LogP contribution in [0.1, 0.15) is 10.5 Å². The van der Waals surface area contributed by atoms with E-state index in [1.165, 1.54) is 23.5 Å². The molecule has 8 heteroatoms. The molecule has 1 fully saturated rings. The number of hydrogen-bond acceptors (Lipinski definition) is 5. The highest BCUT2D eigenvalue weighted by atomic mass is 32.2. The number of methoxy groups -OCH3 is 1. The molecule has 3 rings (SSSR count). The standard InChI is InChI=1S/C17H19N3O4S/c1-24-14-5-7-15(8-6-14)25(22,23)20-12-10-19(11-13-20)17(21)16-4-2-3-9-18-16/h2-9H,10-13H2,1H3. The molecule has 0 bridgehead atoms. The number of sulfonamides is 1. The molecule has 1 aromatic carbocycles. The molecule has 132 valence electrons. The maximum Gasteiger partial charge on any atom is 0.272 e. The third-order valence-corrected chi connectivity index (χ3v) is 6.02. The highest BCUT2D eigenvalue weighted by Crippen LogP contribution is 2.21. The molecule has 0 unspecified atom stereocenters. The van der Waals surface area contributed by atoms with Crippen LogP contribution in [0.2, 0.25) is 0 Å². The van der Waals surface area contributed by atoms with E-state index in [0.717, 1.165) is 0 Å². The van der Waals surface area contributed by atoms with Gasteiger partial charge in [-0.15, -0.1) is 0 Å². The van der Waals surface area contributed by atoms with Crippen LogP contribution in [-0.2, 0) is 10.0 Å². The molecule has 1 aliphatic rings. The monoisotopic (exact) mass is 361 g/mol. The van der Waals surface area contributed by atoms with Gasteiger partial charge in [0.25, 0.3) is 5.91 Å². The van der Waals surface area contributed by atoms with Crippen LogP contribution >= 0.6 is 0 Å². The topological polar surface area (TPSA) is 79.8 Å². The van der Waals surface area contributed by atoms with Gasteiger partial charge in [-0.25, -0.2) is 8.42 Å². The van der Waals surface area contributed by atoms with E-state index in [1.54, 1.807) is 41.4 Å². The van der Waals surface area contributed by atoms with Crippen LogP contribution < -0.4 is 4.74 Å². The Morgan fingerprint density at radius 3 is 2.28 bits per heavy atom. The summed E-state index contributed by atoms with van der Waals surface area (Å²) in [5.74, 6) is 0.423. The quantitative estimate of drug-likeness (QED) is 0.818. The second-order valence-electron chi connectivity index (χ2n) is 5.59. The fraction of sp³-hybridized carbons (Fsp3) is 0.294. The number of amides is 1. The van der Waals surface area contributed by atoms with Crippen molar-refractivity contribution in [2.24, 2.45) is 0 Å². The number of hydrogen-bond donors (Lipinski definition) is 0. The van der Waals surface area contributed by atoms with E-state index < -0.39 is 10.0 Å². The number of rotatable bonds is 4. The summed E-state index contributed by atoms with van der Waals surface area (Å²) in [7, 11) is -2.05. The first-order chi connectivity index (χ1) is 12.0. The first kappa shape index (κ1) is 17.4. The van der Waals surface area contributed by atoms with Crippen LogP contribution in [0, 0.1) is 0 Å². The van der Waals surface area contributed by atoms with E-state index in [9.17, 15) is 13.2 Å². The van der Waals surface area contributed by atoms with Crippen LogP contribution in [0.3, 0.4) is 0 Å². The molecule has 25 heavy (non-hydrogen) atoms. The zero-order chi connectivity index (χ0) is 17.9. The third kappa shape index (κ3) is 3.64. The Bertz CT molecular complexity index is 830. The Balaban J connectivity index is 1.67. The minimum absolute atomic E-state index is 0.179. The number of carbonyl (C=O) groups is 1. The van der Waals surface area contributed by atoms with Crippen molar-refractivity contribution in [3.8, 4) is 5.75 Å². The van der Waals surface area contributed by atoms with Crippen molar-refractivity contribution in [2.75, 3.05) is 33.3 Å². The molecule has 1 aliphatic heterocycles. The molecule has 2 heterocycles. The van der Waals surface area contributed by atoms with Gasteiger partial charge in [0.1, 0.15) is 11.4 Å². The summed E-state index contributed by atoms with van der Waals surface area (Å²) in [5, 5.41) is 0. The van der Waals surface area contributed by atoms with Gasteiger partial charge in [0.05, 0.1) is 12.0 Å². The number of pyridine rings is 1. The van der Waals surface area contributed by atoms with E-state index in [1.807, 2.05) is 0 Å². The minimum atomic E-state index is -3.58. The van der Waals surface area contributed by atoms with E-state index in [0.29, 0.717) is 24.5 Å². The van der Waals surface area contributed by atoms with Crippen LogP contribution in [0.5, 0.6) is 5.75 Å². The molecule has 0 radical (unpaired) electrons. The van der Waals surface area contributed by atoms with Gasteiger partial charge >= 0.3 is 0 Å². The second kappa shape index (κ2) is 7.20. The third-order valence-electron chi connectivity index (χ3n) is 4.11. The number of aromatic nitrogens is 1. The van der Waals surface area contributed by atoms with E-state index in [-0.39, 0.29) is 23.9 Å². The smallest absolute Gasteiger partial charge is 0.272 e. The molecule has 0 saturated carbocycles. The summed E-state index contributed by atoms with van der Waals surface area (Å²) in [6.07, 6.45) is 1.57. The van der Waals surface area contributed by atoms with Gasteiger partial charge in [-0.1, -0.05) is 6.07 Å². The van der Waals surface area contributed by atoms with Crippen LogP contribution in [0.15, 0.2) is 53.6 Å². The zero-order valence-corrected chi connectivity index (χ0v) is 14.6. The Morgan fingerprint density at radius 1 is 1.04 bits per heavy atom. The highest BCUT2D eigenvalue weighted by molar-refractivity contribution is 7.89. The summed E-state index contributed by atoms with van der Waals surface area (Å²) in [6, 6.07) is 11.4. The van der Waals surface area contributed by atoms with Crippen molar-refractivity contribution in [3.05, 3.63) is 54.4 Å². The van der Waals surface area contributed by atoms with Crippen molar-refractivity contribution in [2.45, 2.75) is 4.90 Å². The van der Waals surface area contributed by atoms with Crippen molar-refractivity contribution in [1.29, 1.82) is 0 Å². The zero-order valence-electron chi connectivity index (χ0n) is 13.8. The Labute approximate surface area is 146 Å². The minimum Gasteiger partial charge on any atom is -0.497 e. The molecule has 1 amide bonds. The molecule has 0 N–H and O–H groups in total. The SMILES string of the molecule is COc1ccc(S(=O)(=O)N2CCN(C(=O)c3ccccn3)CC2)cc1. The lowest BCUT2D eigenvalue weighted by atomic mass is 10.3. The van der Waals surface area contributed by atoms with E-state index in [2.05, 4.69) is 4.98 Å². The molecule has 2 aromatic rings. The van der Waals surface area contributed by atoms with Crippen molar-refractivity contribution >= 4 is 15.9 Å². The van der Waals surface area contributed by atoms with E-state index >= 15 is 0 Å². The molecule has 1 saturated heterocycles. The van der Waals surface area contributed by atoms with Crippen molar-refractivity contribution in [1.82, 2.24) is 14.2 Å². The molecule has 0 atom stereocenters. The van der Waals surface area contributed by atoms with Gasteiger partial charge in [-0.05, 0) is 36.4 Å². The van der Waals surface area contributed by atoms with Gasteiger partial charge in [0, 0.05) is 32.4 Å². The molecule has 7 nitrogen and oxygen atoms in total. The van der Waals surface area contributed by atoms with Gasteiger partial charge in [0.2, 0.25) is 10.0 Å². The predicted octanol–water partition coefficient (Wildman–Crippen LogP) is 1.24. The van der Waals surface area contributed by atoms with Crippen LogP contribution in [0.25, 0.3) is 0 Å². The first-order valence-corrected chi connectivity index (χ1v) is 9.31. The summed E-state index contributed by atoms with van der Waals surface area (Å²) in [4.78, 5) is 18.3. The van der Waals surface area contributed by atoms with Gasteiger partial charge in [-0.2, -0.15) is 4.31 Å². The lowest BCUT2D eigenvalue weighted by Gasteiger charge is -2.33. The summed E-state index contributed by atoms with van der Waals surface area (Å²) >= 11 is 0. The number of piperazine rings is 1. The largest absolute Gasteiger partial charge is 0.497 e. The summed E-state index contributed by atoms with van der Waals surface area (Å²) in [6.45, 7) is 1.19. The van der Waals surface area contributed by atoms with E-state index in [4.69, 9.17) is 4.74 Å². The molecular formula is C17H19N3O4S.